The molecule has 0 aliphatic heterocycles. The van der Waals surface area contributed by atoms with Crippen LogP contribution in [-0.2, 0) is 0 Å². The summed E-state index contributed by atoms with van der Waals surface area (Å²) in [5.41, 5.74) is 4.16. The molecule has 3 aromatic rings. The van der Waals surface area contributed by atoms with E-state index in [1.807, 2.05) is 50.2 Å². The number of fused-ring (bicyclic) bond motifs is 1. The van der Waals surface area contributed by atoms with E-state index in [9.17, 15) is 4.79 Å². The topological polar surface area (TPSA) is 51.2 Å². The van der Waals surface area contributed by atoms with E-state index in [0.29, 0.717) is 5.69 Å². The molecule has 4 heteroatoms. The van der Waals surface area contributed by atoms with Gasteiger partial charge in [0.05, 0.1) is 12.6 Å². The first-order valence-electron chi connectivity index (χ1n) is 7.39. The van der Waals surface area contributed by atoms with E-state index in [2.05, 4.69) is 16.4 Å². The molecule has 0 atom stereocenters. The van der Waals surface area contributed by atoms with E-state index < -0.39 is 0 Å². The van der Waals surface area contributed by atoms with Gasteiger partial charge in [-0.15, -0.1) is 0 Å². The fourth-order valence-electron chi connectivity index (χ4n) is 2.60. The number of amides is 1. The number of anilines is 1. The van der Waals surface area contributed by atoms with Gasteiger partial charge in [-0.25, -0.2) is 4.98 Å². The molecule has 0 bridgehead atoms. The summed E-state index contributed by atoms with van der Waals surface area (Å²) in [4.78, 5) is 16.8. The van der Waals surface area contributed by atoms with Crippen LogP contribution in [0.5, 0.6) is 5.75 Å². The number of hydrogen-bond donors (Lipinski definition) is 1. The second kappa shape index (κ2) is 6.08. The van der Waals surface area contributed by atoms with Crippen molar-refractivity contribution >= 4 is 22.5 Å². The van der Waals surface area contributed by atoms with Crippen molar-refractivity contribution in [1.82, 2.24) is 4.98 Å². The molecular weight excluding hydrogens is 288 g/mol. The van der Waals surface area contributed by atoms with Gasteiger partial charge in [-0.05, 0) is 61.4 Å². The van der Waals surface area contributed by atoms with Gasteiger partial charge >= 0.3 is 0 Å². The molecule has 0 saturated carbocycles. The number of methoxy groups -OCH3 is 1. The van der Waals surface area contributed by atoms with Gasteiger partial charge in [0.15, 0.2) is 0 Å². The SMILES string of the molecule is COc1ccc2nc(C(=O)Nc3cc(C)cc(C)c3)ccc2c1. The zero-order chi connectivity index (χ0) is 16.4. The number of carbonyl (C=O) groups is 1. The van der Waals surface area contributed by atoms with Gasteiger partial charge in [-0.1, -0.05) is 12.1 Å². The van der Waals surface area contributed by atoms with Crippen LogP contribution in [0.25, 0.3) is 10.9 Å². The van der Waals surface area contributed by atoms with Gasteiger partial charge < -0.3 is 10.1 Å². The normalized spacial score (nSPS) is 10.6. The number of aromatic nitrogens is 1. The molecule has 116 valence electrons. The molecule has 2 aromatic carbocycles. The van der Waals surface area contributed by atoms with Crippen LogP contribution in [0.4, 0.5) is 5.69 Å². The van der Waals surface area contributed by atoms with E-state index in [1.54, 1.807) is 13.2 Å². The molecule has 0 aliphatic rings. The van der Waals surface area contributed by atoms with Gasteiger partial charge in [0.2, 0.25) is 0 Å². The average Bonchev–Trinajstić information content (AvgIpc) is 2.52. The summed E-state index contributed by atoms with van der Waals surface area (Å²) >= 11 is 0. The van der Waals surface area contributed by atoms with E-state index in [4.69, 9.17) is 4.74 Å². The van der Waals surface area contributed by atoms with Crippen LogP contribution < -0.4 is 10.1 Å². The number of nitrogens with one attached hydrogen (secondary N) is 1. The summed E-state index contributed by atoms with van der Waals surface area (Å²) in [5, 5.41) is 3.84. The number of rotatable bonds is 3. The Morgan fingerprint density at radius 1 is 1.00 bits per heavy atom. The standard InChI is InChI=1S/C19H18N2O2/c1-12-8-13(2)10-15(9-12)20-19(22)18-6-4-14-11-16(23-3)5-7-17(14)21-18/h4-11H,1-3H3,(H,20,22). The number of pyridine rings is 1. The maximum Gasteiger partial charge on any atom is 0.274 e. The highest BCUT2D eigenvalue weighted by Gasteiger charge is 2.09. The molecule has 1 N–H and O–H groups in total. The fourth-order valence-corrected chi connectivity index (χ4v) is 2.60. The highest BCUT2D eigenvalue weighted by molar-refractivity contribution is 6.04. The molecule has 0 saturated heterocycles. The average molecular weight is 306 g/mol. The number of benzene rings is 2. The zero-order valence-corrected chi connectivity index (χ0v) is 13.4. The third kappa shape index (κ3) is 3.31. The monoisotopic (exact) mass is 306 g/mol. The van der Waals surface area contributed by atoms with Crippen LogP contribution in [0.2, 0.25) is 0 Å². The molecule has 1 heterocycles. The maximum atomic E-state index is 12.4. The first kappa shape index (κ1) is 15.0. The predicted octanol–water partition coefficient (Wildman–Crippen LogP) is 4.11. The van der Waals surface area contributed by atoms with Crippen molar-refractivity contribution < 1.29 is 9.53 Å². The Bertz CT molecular complexity index is 867. The summed E-state index contributed by atoms with van der Waals surface area (Å²) < 4.78 is 5.19. The third-order valence-corrected chi connectivity index (χ3v) is 3.61. The molecule has 1 amide bonds. The molecule has 3 rings (SSSR count). The molecule has 0 radical (unpaired) electrons. The minimum Gasteiger partial charge on any atom is -0.497 e. The number of nitrogens with zero attached hydrogens (tertiary/aromatic N) is 1. The zero-order valence-electron chi connectivity index (χ0n) is 13.4. The Morgan fingerprint density at radius 3 is 2.43 bits per heavy atom. The van der Waals surface area contributed by atoms with Crippen LogP contribution >= 0.6 is 0 Å². The van der Waals surface area contributed by atoms with Crippen LogP contribution in [0.3, 0.4) is 0 Å². The number of carbonyl (C=O) groups excluding carboxylic acids is 1. The van der Waals surface area contributed by atoms with Gasteiger partial charge in [0.25, 0.3) is 5.91 Å². The molecule has 0 aliphatic carbocycles. The lowest BCUT2D eigenvalue weighted by molar-refractivity contribution is 0.102. The smallest absolute Gasteiger partial charge is 0.274 e. The summed E-state index contributed by atoms with van der Waals surface area (Å²) in [7, 11) is 1.63. The lowest BCUT2D eigenvalue weighted by Gasteiger charge is -2.08. The molecule has 0 fully saturated rings. The van der Waals surface area contributed by atoms with E-state index >= 15 is 0 Å². The minimum atomic E-state index is -0.215. The third-order valence-electron chi connectivity index (χ3n) is 3.61. The van der Waals surface area contributed by atoms with Crippen molar-refractivity contribution in [3.05, 3.63) is 65.4 Å². The van der Waals surface area contributed by atoms with Crippen molar-refractivity contribution in [3.8, 4) is 5.75 Å². The minimum absolute atomic E-state index is 0.215. The van der Waals surface area contributed by atoms with E-state index in [0.717, 1.165) is 33.5 Å². The van der Waals surface area contributed by atoms with Gasteiger partial charge in [0, 0.05) is 11.1 Å². The molecule has 23 heavy (non-hydrogen) atoms. The Kier molecular flexibility index (Phi) is 3.98. The highest BCUT2D eigenvalue weighted by atomic mass is 16.5. The van der Waals surface area contributed by atoms with Gasteiger partial charge in [0.1, 0.15) is 11.4 Å². The largest absolute Gasteiger partial charge is 0.497 e. The van der Waals surface area contributed by atoms with Crippen LogP contribution in [0, 0.1) is 13.8 Å². The summed E-state index contributed by atoms with van der Waals surface area (Å²) in [6.45, 7) is 4.01. The Labute approximate surface area is 135 Å². The first-order chi connectivity index (χ1) is 11.0. The molecular formula is C19H18N2O2. The Balaban J connectivity index is 1.88. The van der Waals surface area contributed by atoms with Crippen LogP contribution in [0.15, 0.2) is 48.5 Å². The number of ether oxygens (including phenoxy) is 1. The van der Waals surface area contributed by atoms with Gasteiger partial charge in [-0.2, -0.15) is 0 Å². The second-order valence-electron chi connectivity index (χ2n) is 5.59. The molecule has 0 spiro atoms. The van der Waals surface area contributed by atoms with Crippen LogP contribution in [0.1, 0.15) is 21.6 Å². The lowest BCUT2D eigenvalue weighted by atomic mass is 10.1. The highest BCUT2D eigenvalue weighted by Crippen LogP contribution is 2.20. The first-order valence-corrected chi connectivity index (χ1v) is 7.39. The fraction of sp³-hybridized carbons (Fsp3) is 0.158. The predicted molar refractivity (Wildman–Crippen MR) is 92.2 cm³/mol. The van der Waals surface area contributed by atoms with E-state index in [1.165, 1.54) is 0 Å². The van der Waals surface area contributed by atoms with Crippen molar-refractivity contribution in [2.75, 3.05) is 12.4 Å². The molecule has 0 unspecified atom stereocenters. The lowest BCUT2D eigenvalue weighted by Crippen LogP contribution is -2.13. The number of aryl methyl sites for hydroxylation is 2. The summed E-state index contributed by atoms with van der Waals surface area (Å²) in [5.74, 6) is 0.555. The van der Waals surface area contributed by atoms with Crippen molar-refractivity contribution in [3.63, 3.8) is 0 Å². The summed E-state index contributed by atoms with van der Waals surface area (Å²) in [6.07, 6.45) is 0. The van der Waals surface area contributed by atoms with Crippen molar-refractivity contribution in [2.24, 2.45) is 0 Å². The Morgan fingerprint density at radius 2 is 1.74 bits per heavy atom. The van der Waals surface area contributed by atoms with Crippen molar-refractivity contribution in [2.45, 2.75) is 13.8 Å². The molecule has 1 aromatic heterocycles. The molecule has 4 nitrogen and oxygen atoms in total. The second-order valence-corrected chi connectivity index (χ2v) is 5.59. The van der Waals surface area contributed by atoms with Crippen molar-refractivity contribution in [1.29, 1.82) is 0 Å². The Hall–Kier alpha value is -2.88. The van der Waals surface area contributed by atoms with Crippen LogP contribution in [-0.4, -0.2) is 18.0 Å². The number of hydrogen-bond acceptors (Lipinski definition) is 3. The van der Waals surface area contributed by atoms with E-state index in [-0.39, 0.29) is 5.91 Å². The van der Waals surface area contributed by atoms with Gasteiger partial charge in [-0.3, -0.25) is 4.79 Å². The maximum absolute atomic E-state index is 12.4. The quantitative estimate of drug-likeness (QED) is 0.792. The summed E-state index contributed by atoms with van der Waals surface area (Å²) in [6, 6.07) is 15.1.